The van der Waals surface area contributed by atoms with Gasteiger partial charge in [0, 0.05) is 13.1 Å². The molecule has 15 heavy (non-hydrogen) atoms. The maximum atomic E-state index is 12.1. The van der Waals surface area contributed by atoms with Gasteiger partial charge in [-0.25, -0.2) is 0 Å². The number of nitrogens with one attached hydrogen (secondary N) is 1. The lowest BCUT2D eigenvalue weighted by molar-refractivity contribution is -0.134. The molecule has 0 unspecified atom stereocenters. The van der Waals surface area contributed by atoms with E-state index in [-0.39, 0.29) is 5.54 Å². The fourth-order valence-corrected chi connectivity index (χ4v) is 2.35. The first-order chi connectivity index (χ1) is 7.14. The summed E-state index contributed by atoms with van der Waals surface area (Å²) >= 11 is 0. The Bertz CT molecular complexity index is 248. The number of likely N-dealkylation sites (N-methyl/N-ethyl adjacent to an activating group) is 1. The third-order valence-corrected chi connectivity index (χ3v) is 3.34. The van der Waals surface area contributed by atoms with Crippen LogP contribution in [0.5, 0.6) is 0 Å². The first-order valence-corrected chi connectivity index (χ1v) is 5.80. The average molecular weight is 211 g/mol. The Morgan fingerprint density at radius 3 is 2.80 bits per heavy atom. The van der Waals surface area contributed by atoms with Crippen LogP contribution >= 0.6 is 0 Å². The quantitative estimate of drug-likeness (QED) is 0.693. The zero-order chi connectivity index (χ0) is 10.9. The Kier molecular flexibility index (Phi) is 2.98. The zero-order valence-corrected chi connectivity index (χ0v) is 9.75. The molecule has 1 aliphatic carbocycles. The molecule has 4 heteroatoms. The van der Waals surface area contributed by atoms with Gasteiger partial charge in [0.25, 0.3) is 0 Å². The first-order valence-electron chi connectivity index (χ1n) is 5.80. The van der Waals surface area contributed by atoms with Crippen LogP contribution in [0.3, 0.4) is 0 Å². The summed E-state index contributed by atoms with van der Waals surface area (Å²) in [7, 11) is 3.90. The van der Waals surface area contributed by atoms with E-state index in [0.29, 0.717) is 12.5 Å². The van der Waals surface area contributed by atoms with Gasteiger partial charge in [0.15, 0.2) is 0 Å². The fourth-order valence-electron chi connectivity index (χ4n) is 2.35. The fraction of sp³-hybridized carbons (Fsp3) is 0.909. The van der Waals surface area contributed by atoms with Crippen molar-refractivity contribution >= 4 is 5.91 Å². The van der Waals surface area contributed by atoms with Gasteiger partial charge in [0.05, 0.1) is 12.1 Å². The highest BCUT2D eigenvalue weighted by molar-refractivity contribution is 5.79. The molecule has 1 saturated heterocycles. The topological polar surface area (TPSA) is 35.6 Å². The molecule has 2 rings (SSSR count). The molecule has 1 aliphatic heterocycles. The van der Waals surface area contributed by atoms with Crippen molar-refractivity contribution in [2.75, 3.05) is 40.3 Å². The minimum atomic E-state index is 0.184. The minimum absolute atomic E-state index is 0.184. The van der Waals surface area contributed by atoms with Gasteiger partial charge in [-0.2, -0.15) is 0 Å². The summed E-state index contributed by atoms with van der Waals surface area (Å²) < 4.78 is 0. The smallest absolute Gasteiger partial charge is 0.237 e. The van der Waals surface area contributed by atoms with E-state index in [9.17, 15) is 4.79 Å². The maximum absolute atomic E-state index is 12.1. The van der Waals surface area contributed by atoms with Crippen molar-refractivity contribution < 1.29 is 4.79 Å². The molecular weight excluding hydrogens is 190 g/mol. The summed E-state index contributed by atoms with van der Waals surface area (Å²) in [5, 5.41) is 3.43. The Morgan fingerprint density at radius 2 is 2.20 bits per heavy atom. The van der Waals surface area contributed by atoms with E-state index >= 15 is 0 Å². The Hall–Kier alpha value is -0.610. The van der Waals surface area contributed by atoms with E-state index in [1.165, 1.54) is 12.8 Å². The lowest BCUT2D eigenvalue weighted by Gasteiger charge is -2.31. The van der Waals surface area contributed by atoms with E-state index in [1.54, 1.807) is 0 Å². The summed E-state index contributed by atoms with van der Waals surface area (Å²) in [6.45, 7) is 3.51. The Labute approximate surface area is 91.6 Å². The number of carbonyl (C=O) groups is 1. The van der Waals surface area contributed by atoms with Crippen LogP contribution in [0.25, 0.3) is 0 Å². The standard InChI is InChI=1S/C11H21N3O/c1-13(2)8-10(15)14-7-3-6-12-9-11(14)4-5-11/h12H,3-9H2,1-2H3. The summed E-state index contributed by atoms with van der Waals surface area (Å²) in [6.07, 6.45) is 3.44. The SMILES string of the molecule is CN(C)CC(=O)N1CCCNCC12CC2. The molecular formula is C11H21N3O. The molecule has 1 saturated carbocycles. The van der Waals surface area contributed by atoms with Gasteiger partial charge >= 0.3 is 0 Å². The van der Waals surface area contributed by atoms with Gasteiger partial charge in [0.1, 0.15) is 0 Å². The number of rotatable bonds is 2. The number of amides is 1. The van der Waals surface area contributed by atoms with Crippen LogP contribution in [0.4, 0.5) is 0 Å². The lowest BCUT2D eigenvalue weighted by Crippen LogP contribution is -2.48. The molecule has 1 N–H and O–H groups in total. The highest BCUT2D eigenvalue weighted by atomic mass is 16.2. The van der Waals surface area contributed by atoms with Crippen molar-refractivity contribution in [2.24, 2.45) is 0 Å². The van der Waals surface area contributed by atoms with Gasteiger partial charge in [-0.15, -0.1) is 0 Å². The highest BCUT2D eigenvalue weighted by Crippen LogP contribution is 2.42. The minimum Gasteiger partial charge on any atom is -0.335 e. The number of carbonyl (C=O) groups excluding carboxylic acids is 1. The molecule has 0 aromatic rings. The van der Waals surface area contributed by atoms with E-state index in [2.05, 4.69) is 10.2 Å². The van der Waals surface area contributed by atoms with Crippen LogP contribution in [-0.4, -0.2) is 61.5 Å². The molecule has 2 fully saturated rings. The van der Waals surface area contributed by atoms with Crippen molar-refractivity contribution in [3.05, 3.63) is 0 Å². The van der Waals surface area contributed by atoms with E-state index in [1.807, 2.05) is 19.0 Å². The van der Waals surface area contributed by atoms with Crippen molar-refractivity contribution in [3.63, 3.8) is 0 Å². The normalized spacial score (nSPS) is 24.3. The summed E-state index contributed by atoms with van der Waals surface area (Å²) in [5.74, 6) is 0.293. The molecule has 4 nitrogen and oxygen atoms in total. The van der Waals surface area contributed by atoms with Gasteiger partial charge in [-0.3, -0.25) is 4.79 Å². The lowest BCUT2D eigenvalue weighted by atomic mass is 10.2. The largest absolute Gasteiger partial charge is 0.335 e. The molecule has 0 bridgehead atoms. The second-order valence-electron chi connectivity index (χ2n) is 5.04. The zero-order valence-electron chi connectivity index (χ0n) is 9.75. The molecule has 0 aromatic heterocycles. The molecule has 1 amide bonds. The summed E-state index contributed by atoms with van der Waals surface area (Å²) in [6, 6.07) is 0. The molecule has 1 heterocycles. The second kappa shape index (κ2) is 4.10. The van der Waals surface area contributed by atoms with Crippen LogP contribution in [0.2, 0.25) is 0 Å². The highest BCUT2D eigenvalue weighted by Gasteiger charge is 2.50. The van der Waals surface area contributed by atoms with Gasteiger partial charge in [0.2, 0.25) is 5.91 Å². The molecule has 0 radical (unpaired) electrons. The predicted octanol–water partition coefficient (Wildman–Crippen LogP) is -0.0975. The molecule has 0 atom stereocenters. The maximum Gasteiger partial charge on any atom is 0.237 e. The number of nitrogens with zero attached hydrogens (tertiary/aromatic N) is 2. The Balaban J connectivity index is 2.01. The van der Waals surface area contributed by atoms with Crippen molar-refractivity contribution in [2.45, 2.75) is 24.8 Å². The molecule has 1 spiro atoms. The van der Waals surface area contributed by atoms with Crippen molar-refractivity contribution in [1.82, 2.24) is 15.1 Å². The van der Waals surface area contributed by atoms with Gasteiger partial charge in [-0.05, 0) is 39.9 Å². The number of hydrogen-bond donors (Lipinski definition) is 1. The van der Waals surface area contributed by atoms with Gasteiger partial charge in [-0.1, -0.05) is 0 Å². The van der Waals surface area contributed by atoms with Crippen molar-refractivity contribution in [3.8, 4) is 0 Å². The molecule has 86 valence electrons. The van der Waals surface area contributed by atoms with Crippen LogP contribution in [0.1, 0.15) is 19.3 Å². The van der Waals surface area contributed by atoms with E-state index < -0.39 is 0 Å². The summed E-state index contributed by atoms with van der Waals surface area (Å²) in [4.78, 5) is 16.1. The first kappa shape index (κ1) is 10.9. The van der Waals surface area contributed by atoms with Crippen LogP contribution in [0.15, 0.2) is 0 Å². The average Bonchev–Trinajstić information content (AvgIpc) is 2.93. The monoisotopic (exact) mass is 211 g/mol. The summed E-state index contributed by atoms with van der Waals surface area (Å²) in [5.41, 5.74) is 0.184. The van der Waals surface area contributed by atoms with Crippen LogP contribution < -0.4 is 5.32 Å². The van der Waals surface area contributed by atoms with Crippen molar-refractivity contribution in [1.29, 1.82) is 0 Å². The van der Waals surface area contributed by atoms with Crippen LogP contribution in [-0.2, 0) is 4.79 Å². The molecule has 0 aromatic carbocycles. The molecule has 2 aliphatic rings. The third kappa shape index (κ3) is 2.32. The van der Waals surface area contributed by atoms with Crippen LogP contribution in [0, 0.1) is 0 Å². The second-order valence-corrected chi connectivity index (χ2v) is 5.04. The van der Waals surface area contributed by atoms with E-state index in [0.717, 1.165) is 26.1 Å². The third-order valence-electron chi connectivity index (χ3n) is 3.34. The van der Waals surface area contributed by atoms with Gasteiger partial charge < -0.3 is 15.1 Å². The Morgan fingerprint density at radius 1 is 1.47 bits per heavy atom. The number of hydrogen-bond acceptors (Lipinski definition) is 3. The predicted molar refractivity (Wildman–Crippen MR) is 59.7 cm³/mol. The van der Waals surface area contributed by atoms with E-state index in [4.69, 9.17) is 0 Å².